The lowest BCUT2D eigenvalue weighted by Crippen LogP contribution is -2.43. The van der Waals surface area contributed by atoms with E-state index in [1.54, 1.807) is 4.90 Å². The topological polar surface area (TPSA) is 63.4 Å². The molecule has 2 N–H and O–H groups in total. The van der Waals surface area contributed by atoms with Crippen molar-refractivity contribution in [3.05, 3.63) is 0 Å². The zero-order valence-electron chi connectivity index (χ0n) is 7.25. The first-order chi connectivity index (χ1) is 5.61. The third kappa shape index (κ3) is 2.23. The molecule has 0 aromatic carbocycles. The number of piperidine rings is 1. The fourth-order valence-corrected chi connectivity index (χ4v) is 1.90. The molecule has 1 aliphatic heterocycles. The second-order valence-electron chi connectivity index (χ2n) is 3.21. The van der Waals surface area contributed by atoms with E-state index in [-0.39, 0.29) is 16.6 Å². The van der Waals surface area contributed by atoms with Gasteiger partial charge in [-0.3, -0.25) is 9.59 Å². The first kappa shape index (κ1) is 9.56. The van der Waals surface area contributed by atoms with E-state index >= 15 is 0 Å². The maximum absolute atomic E-state index is 11.0. The normalized spacial score (nSPS) is 23.7. The highest BCUT2D eigenvalue weighted by atomic mass is 27.0. The highest BCUT2D eigenvalue weighted by Crippen LogP contribution is 2.15. The van der Waals surface area contributed by atoms with E-state index in [9.17, 15) is 9.59 Å². The molecule has 4 nitrogen and oxygen atoms in total. The van der Waals surface area contributed by atoms with Crippen molar-refractivity contribution in [1.82, 2.24) is 4.90 Å². The van der Waals surface area contributed by atoms with Gasteiger partial charge >= 0.3 is 16.3 Å². The number of carbonyl (C=O) groups is 2. The van der Waals surface area contributed by atoms with Crippen molar-refractivity contribution in [1.29, 1.82) is 0 Å². The van der Waals surface area contributed by atoms with Gasteiger partial charge in [-0.05, 0) is 12.8 Å². The molecule has 0 spiro atoms. The van der Waals surface area contributed by atoms with E-state index < -0.39 is 0 Å². The van der Waals surface area contributed by atoms with Crippen molar-refractivity contribution in [2.45, 2.75) is 12.8 Å². The van der Waals surface area contributed by atoms with Crippen LogP contribution in [0.25, 0.3) is 0 Å². The Morgan fingerprint density at radius 3 is 2.67 bits per heavy atom. The molecule has 2 amide bonds. The summed E-state index contributed by atoms with van der Waals surface area (Å²) in [5.41, 5.74) is 5.16. The van der Waals surface area contributed by atoms with Crippen LogP contribution < -0.4 is 5.73 Å². The molecule has 1 heterocycles. The molecule has 1 aliphatic rings. The van der Waals surface area contributed by atoms with Crippen molar-refractivity contribution in [2.75, 3.05) is 13.1 Å². The number of amides is 2. The molecule has 12 heavy (non-hydrogen) atoms. The number of hydrogen-bond donors (Lipinski definition) is 1. The molecule has 0 radical (unpaired) electrons. The summed E-state index contributed by atoms with van der Waals surface area (Å²) in [5.74, 6) is -0.390. The monoisotopic (exact) mass is 184 g/mol. The maximum atomic E-state index is 11.0. The molecule has 0 aliphatic carbocycles. The quantitative estimate of drug-likeness (QED) is 0.528. The summed E-state index contributed by atoms with van der Waals surface area (Å²) in [4.78, 5) is 23.6. The number of nitrogens with two attached hydrogens (primary N) is 1. The molecule has 0 saturated carbocycles. The van der Waals surface area contributed by atoms with Crippen molar-refractivity contribution in [2.24, 2.45) is 11.7 Å². The van der Waals surface area contributed by atoms with Gasteiger partial charge in [0.15, 0.2) is 0 Å². The predicted molar refractivity (Wildman–Crippen MR) is 47.4 cm³/mol. The Hall–Kier alpha value is -0.528. The highest BCUT2D eigenvalue weighted by molar-refractivity contribution is 6.56. The first-order valence-electron chi connectivity index (χ1n) is 4.16. The molecular formula is C7H13AlN2O2. The molecule has 1 rings (SSSR count). The standard InChI is InChI=1S/C7H11N2O2.Al.2H/c8-7(11)6-2-1-3-9(4-6)5-10;;;/h6H,1-4H2,(H2,8,11);;;. The van der Waals surface area contributed by atoms with E-state index in [0.717, 1.165) is 19.4 Å². The van der Waals surface area contributed by atoms with Gasteiger partial charge in [0.05, 0.1) is 5.92 Å². The molecule has 0 aromatic heterocycles. The summed E-state index contributed by atoms with van der Waals surface area (Å²) in [6, 6.07) is 0. The van der Waals surface area contributed by atoms with Crippen LogP contribution in [-0.2, 0) is 4.79 Å². The van der Waals surface area contributed by atoms with Gasteiger partial charge < -0.3 is 10.6 Å². The largest absolute Gasteiger partial charge is 0.369 e. The van der Waals surface area contributed by atoms with E-state index in [2.05, 4.69) is 0 Å². The smallest absolute Gasteiger partial charge is 0.355 e. The van der Waals surface area contributed by atoms with Crippen LogP contribution >= 0.6 is 0 Å². The number of primary amides is 1. The molecule has 0 aromatic rings. The lowest BCUT2D eigenvalue weighted by molar-refractivity contribution is -0.122. The van der Waals surface area contributed by atoms with Gasteiger partial charge in [-0.2, -0.15) is 0 Å². The van der Waals surface area contributed by atoms with Gasteiger partial charge in [0, 0.05) is 13.1 Å². The third-order valence-electron chi connectivity index (χ3n) is 2.27. The van der Waals surface area contributed by atoms with Crippen LogP contribution in [0.5, 0.6) is 0 Å². The van der Waals surface area contributed by atoms with Crippen molar-refractivity contribution in [3.8, 4) is 0 Å². The summed E-state index contributed by atoms with van der Waals surface area (Å²) >= 11 is 0.532. The van der Waals surface area contributed by atoms with Crippen molar-refractivity contribution >= 4 is 27.0 Å². The van der Waals surface area contributed by atoms with Crippen LogP contribution in [0.15, 0.2) is 0 Å². The molecule has 66 valence electrons. The van der Waals surface area contributed by atoms with Gasteiger partial charge in [0.2, 0.25) is 5.91 Å². The zero-order chi connectivity index (χ0) is 9.14. The Labute approximate surface area is 79.5 Å². The van der Waals surface area contributed by atoms with Crippen LogP contribution in [0.1, 0.15) is 12.8 Å². The summed E-state index contributed by atoms with van der Waals surface area (Å²) < 4.78 is 0.168. The molecule has 1 fully saturated rings. The molecule has 1 unspecified atom stereocenters. The Bertz CT molecular complexity index is 188. The number of carbonyl (C=O) groups excluding carboxylic acids is 2. The average molecular weight is 184 g/mol. The maximum Gasteiger partial charge on any atom is 0.355 e. The van der Waals surface area contributed by atoms with Crippen LogP contribution in [0.4, 0.5) is 4.79 Å². The fourth-order valence-electron chi connectivity index (χ4n) is 1.50. The number of likely N-dealkylation sites (tertiary alicyclic amines) is 1. The highest BCUT2D eigenvalue weighted by Gasteiger charge is 2.24. The first-order valence-corrected chi connectivity index (χ1v) is 5.16. The molecule has 1 atom stereocenters. The minimum absolute atomic E-state index is 0.114. The minimum Gasteiger partial charge on any atom is -0.369 e. The van der Waals surface area contributed by atoms with E-state index in [1.807, 2.05) is 0 Å². The molecule has 0 bridgehead atoms. The summed E-state index contributed by atoms with van der Waals surface area (Å²) in [6.07, 6.45) is 1.74. The predicted octanol–water partition coefficient (Wildman–Crippen LogP) is -1.06. The SMILES string of the molecule is NC(=O)C1CCCN([C](=O)[AlH2])C1. The third-order valence-corrected chi connectivity index (χ3v) is 2.90. The number of rotatable bonds is 1. The van der Waals surface area contributed by atoms with Crippen LogP contribution in [-0.4, -0.2) is 45.0 Å². The average Bonchev–Trinajstić information content (AvgIpc) is 2.04. The fraction of sp³-hybridized carbons (Fsp3) is 0.714. The van der Waals surface area contributed by atoms with Crippen LogP contribution in [0.3, 0.4) is 0 Å². The Morgan fingerprint density at radius 1 is 1.50 bits per heavy atom. The molecule has 5 heteroatoms. The minimum atomic E-state index is -0.275. The second-order valence-corrected chi connectivity index (χ2v) is 4.06. The van der Waals surface area contributed by atoms with Crippen LogP contribution in [0.2, 0.25) is 0 Å². The van der Waals surface area contributed by atoms with Gasteiger partial charge in [-0.25, -0.2) is 0 Å². The Morgan fingerprint density at radius 2 is 2.17 bits per heavy atom. The van der Waals surface area contributed by atoms with E-state index in [1.165, 1.54) is 0 Å². The van der Waals surface area contributed by atoms with Gasteiger partial charge in [-0.1, -0.05) is 0 Å². The Kier molecular flexibility index (Phi) is 3.13. The lowest BCUT2D eigenvalue weighted by Gasteiger charge is -2.31. The lowest BCUT2D eigenvalue weighted by atomic mass is 9.98. The van der Waals surface area contributed by atoms with Gasteiger partial charge in [0.1, 0.15) is 4.77 Å². The Balaban J connectivity index is 2.51. The molecular weight excluding hydrogens is 171 g/mol. The second kappa shape index (κ2) is 3.93. The summed E-state index contributed by atoms with van der Waals surface area (Å²) in [6.45, 7) is 1.34. The van der Waals surface area contributed by atoms with E-state index in [4.69, 9.17) is 5.73 Å². The summed E-state index contributed by atoms with van der Waals surface area (Å²) in [7, 11) is 0. The van der Waals surface area contributed by atoms with Crippen molar-refractivity contribution < 1.29 is 9.59 Å². The van der Waals surface area contributed by atoms with Gasteiger partial charge in [-0.15, -0.1) is 0 Å². The van der Waals surface area contributed by atoms with Crippen LogP contribution in [0, 0.1) is 5.92 Å². The molecule has 1 saturated heterocycles. The van der Waals surface area contributed by atoms with Gasteiger partial charge in [0.25, 0.3) is 0 Å². The zero-order valence-corrected chi connectivity index (χ0v) is 9.25. The number of nitrogens with zero attached hydrogens (tertiary/aromatic N) is 1. The number of hydrogen-bond acceptors (Lipinski definition) is 2. The summed E-state index contributed by atoms with van der Waals surface area (Å²) in [5, 5.41) is 0. The van der Waals surface area contributed by atoms with Crippen molar-refractivity contribution in [3.63, 3.8) is 0 Å². The van der Waals surface area contributed by atoms with E-state index in [0.29, 0.717) is 22.8 Å².